The molecule has 1 aromatic heterocycles. The number of sulfonamides is 1. The molecule has 4 rings (SSSR count). The molecular weight excluding hydrogens is 478 g/mol. The molecule has 0 aliphatic carbocycles. The second-order valence-electron chi connectivity index (χ2n) is 7.20. The summed E-state index contributed by atoms with van der Waals surface area (Å²) in [6.07, 6.45) is 1.50. The number of thiazole rings is 1. The number of anilines is 2. The van der Waals surface area contributed by atoms with Crippen LogP contribution < -0.4 is 9.62 Å². The van der Waals surface area contributed by atoms with Gasteiger partial charge >= 0.3 is 0 Å². The molecule has 0 saturated carbocycles. The molecule has 168 valence electrons. The number of benzene rings is 3. The lowest BCUT2D eigenvalue weighted by Gasteiger charge is -2.23. The molecule has 1 heterocycles. The molecule has 1 N–H and O–H groups in total. The molecule has 0 atom stereocenters. The molecule has 0 bridgehead atoms. The highest BCUT2D eigenvalue weighted by atomic mass is 35.5. The number of fused-ring (bicyclic) bond motifs is 1. The number of hydrogen-bond acceptors (Lipinski definition) is 5. The summed E-state index contributed by atoms with van der Waals surface area (Å²) < 4.78 is 29.0. The Hall–Kier alpha value is -3.20. The van der Waals surface area contributed by atoms with Crippen molar-refractivity contribution in [3.05, 3.63) is 95.5 Å². The van der Waals surface area contributed by atoms with E-state index >= 15 is 0 Å². The molecule has 3 aromatic carbocycles. The van der Waals surface area contributed by atoms with Crippen molar-refractivity contribution in [3.8, 4) is 0 Å². The summed E-state index contributed by atoms with van der Waals surface area (Å²) in [5.74, 6) is -0.538. The molecule has 0 aliphatic heterocycles. The summed E-state index contributed by atoms with van der Waals surface area (Å²) in [5.41, 5.74) is 2.34. The van der Waals surface area contributed by atoms with Crippen LogP contribution in [0.1, 0.15) is 15.9 Å². The minimum atomic E-state index is -3.98. The minimum absolute atomic E-state index is 0.0420. The smallest absolute Gasteiger partial charge is 0.264 e. The Morgan fingerprint density at radius 2 is 1.91 bits per heavy atom. The predicted octanol–water partition coefficient (Wildman–Crippen LogP) is 5.89. The first kappa shape index (κ1) is 23.0. The molecule has 1 amide bonds. The van der Waals surface area contributed by atoms with E-state index in [9.17, 15) is 13.2 Å². The second-order valence-corrected chi connectivity index (χ2v) is 10.5. The van der Waals surface area contributed by atoms with Gasteiger partial charge in [-0.3, -0.25) is 14.4 Å². The number of nitrogens with zero attached hydrogens (tertiary/aromatic N) is 2. The van der Waals surface area contributed by atoms with Crippen molar-refractivity contribution >= 4 is 59.9 Å². The van der Waals surface area contributed by atoms with E-state index in [0.29, 0.717) is 10.8 Å². The average molecular weight is 498 g/mol. The number of para-hydroxylation sites is 2. The molecule has 4 aromatic rings. The third kappa shape index (κ3) is 4.64. The fourth-order valence-corrected chi connectivity index (χ4v) is 5.93. The Morgan fingerprint density at radius 1 is 1.15 bits per heavy atom. The number of aromatic nitrogens is 1. The molecule has 33 heavy (non-hydrogen) atoms. The number of rotatable bonds is 7. The highest BCUT2D eigenvalue weighted by Gasteiger charge is 2.26. The number of carbonyl (C=O) groups excluding carboxylic acids is 1. The lowest BCUT2D eigenvalue weighted by Crippen LogP contribution is -2.31. The van der Waals surface area contributed by atoms with Crippen LogP contribution in [-0.2, 0) is 10.0 Å². The summed E-state index contributed by atoms with van der Waals surface area (Å²) >= 11 is 7.60. The molecular formula is C24H20ClN3O3S2. The maximum Gasteiger partial charge on any atom is 0.264 e. The van der Waals surface area contributed by atoms with Crippen LogP contribution in [0.25, 0.3) is 10.2 Å². The van der Waals surface area contributed by atoms with Gasteiger partial charge in [-0.2, -0.15) is 0 Å². The molecule has 0 fully saturated rings. The van der Waals surface area contributed by atoms with Gasteiger partial charge in [0.1, 0.15) is 0 Å². The van der Waals surface area contributed by atoms with E-state index < -0.39 is 15.9 Å². The van der Waals surface area contributed by atoms with Gasteiger partial charge in [0, 0.05) is 0 Å². The Kier molecular flexibility index (Phi) is 6.51. The van der Waals surface area contributed by atoms with E-state index in [1.807, 2.05) is 25.1 Å². The number of hydrogen-bond donors (Lipinski definition) is 1. The van der Waals surface area contributed by atoms with Gasteiger partial charge in [-0.1, -0.05) is 59.3 Å². The van der Waals surface area contributed by atoms with E-state index in [0.717, 1.165) is 15.8 Å². The highest BCUT2D eigenvalue weighted by molar-refractivity contribution is 7.92. The average Bonchev–Trinajstić information content (AvgIpc) is 3.22. The highest BCUT2D eigenvalue weighted by Crippen LogP contribution is 2.30. The zero-order valence-corrected chi connectivity index (χ0v) is 20.0. The monoisotopic (exact) mass is 497 g/mol. The number of aryl methyl sites for hydroxylation is 1. The summed E-state index contributed by atoms with van der Waals surface area (Å²) in [5, 5.41) is 3.29. The Balaban J connectivity index is 1.68. The van der Waals surface area contributed by atoms with Crippen molar-refractivity contribution in [1.29, 1.82) is 0 Å². The standard InChI is InChI=1S/C24H20ClN3O3S2/c1-3-14-28(17-9-5-4-6-10-17)33(30,31)18-12-13-20(25)19(15-18)23(29)27-24-26-22-16(2)8-7-11-21(22)32-24/h3-13,15H,1,14H2,2H3,(H,26,27,29). The molecule has 0 unspecified atom stereocenters. The van der Waals surface area contributed by atoms with Crippen molar-refractivity contribution in [2.75, 3.05) is 16.2 Å². The molecule has 0 spiro atoms. The van der Waals surface area contributed by atoms with Gasteiger partial charge in [0.05, 0.1) is 37.9 Å². The lowest BCUT2D eigenvalue weighted by atomic mass is 10.2. The maximum atomic E-state index is 13.4. The fraction of sp³-hybridized carbons (Fsp3) is 0.0833. The molecule has 9 heteroatoms. The van der Waals surface area contributed by atoms with Gasteiger partial charge in [-0.15, -0.1) is 6.58 Å². The zero-order chi connectivity index (χ0) is 23.6. The van der Waals surface area contributed by atoms with Gasteiger partial charge in [0.2, 0.25) is 0 Å². The maximum absolute atomic E-state index is 13.4. The van der Waals surface area contributed by atoms with Gasteiger partial charge in [0.25, 0.3) is 15.9 Å². The number of amides is 1. The third-order valence-electron chi connectivity index (χ3n) is 4.95. The van der Waals surface area contributed by atoms with E-state index in [4.69, 9.17) is 11.6 Å². The van der Waals surface area contributed by atoms with Crippen molar-refractivity contribution in [1.82, 2.24) is 4.98 Å². The first-order chi connectivity index (χ1) is 15.8. The van der Waals surface area contributed by atoms with Crippen LogP contribution in [0.2, 0.25) is 5.02 Å². The van der Waals surface area contributed by atoms with Crippen LogP contribution in [0, 0.1) is 6.92 Å². The van der Waals surface area contributed by atoms with Crippen LogP contribution in [0.5, 0.6) is 0 Å². The zero-order valence-electron chi connectivity index (χ0n) is 17.7. The quantitative estimate of drug-likeness (QED) is 0.323. The fourth-order valence-electron chi connectivity index (χ4n) is 3.32. The second kappa shape index (κ2) is 9.35. The van der Waals surface area contributed by atoms with Crippen molar-refractivity contribution in [3.63, 3.8) is 0 Å². The first-order valence-corrected chi connectivity index (χ1v) is 12.6. The molecule has 0 aliphatic rings. The summed E-state index contributed by atoms with van der Waals surface area (Å²) in [6, 6.07) is 18.6. The van der Waals surface area contributed by atoms with E-state index in [1.165, 1.54) is 39.9 Å². The van der Waals surface area contributed by atoms with Gasteiger partial charge in [-0.05, 0) is 48.9 Å². The molecule has 0 saturated heterocycles. The minimum Gasteiger partial charge on any atom is -0.298 e. The SMILES string of the molecule is C=CCN(c1ccccc1)S(=O)(=O)c1ccc(Cl)c(C(=O)Nc2nc3c(C)cccc3s2)c1. The molecule has 6 nitrogen and oxygen atoms in total. The third-order valence-corrected chi connectivity index (χ3v) is 8.01. The first-order valence-electron chi connectivity index (χ1n) is 9.97. The van der Waals surface area contributed by atoms with Crippen molar-refractivity contribution < 1.29 is 13.2 Å². The van der Waals surface area contributed by atoms with Crippen molar-refractivity contribution in [2.24, 2.45) is 0 Å². The van der Waals surface area contributed by atoms with E-state index in [-0.39, 0.29) is 22.0 Å². The normalized spacial score (nSPS) is 11.3. The largest absolute Gasteiger partial charge is 0.298 e. The van der Waals surface area contributed by atoms with Crippen LogP contribution in [0.4, 0.5) is 10.8 Å². The van der Waals surface area contributed by atoms with Crippen LogP contribution in [-0.4, -0.2) is 25.9 Å². The topological polar surface area (TPSA) is 79.4 Å². The molecule has 0 radical (unpaired) electrons. The Bertz CT molecular complexity index is 1450. The van der Waals surface area contributed by atoms with Crippen LogP contribution >= 0.6 is 22.9 Å². The number of carbonyl (C=O) groups is 1. The lowest BCUT2D eigenvalue weighted by molar-refractivity contribution is 0.102. The van der Waals surface area contributed by atoms with Gasteiger partial charge in [-0.25, -0.2) is 13.4 Å². The van der Waals surface area contributed by atoms with Gasteiger partial charge < -0.3 is 0 Å². The van der Waals surface area contributed by atoms with Gasteiger partial charge in [0.15, 0.2) is 5.13 Å². The van der Waals surface area contributed by atoms with Crippen molar-refractivity contribution in [2.45, 2.75) is 11.8 Å². The summed E-state index contributed by atoms with van der Waals surface area (Å²) in [4.78, 5) is 17.4. The number of halogens is 1. The van der Waals surface area contributed by atoms with Crippen LogP contribution in [0.3, 0.4) is 0 Å². The van der Waals surface area contributed by atoms with E-state index in [1.54, 1.807) is 30.3 Å². The predicted molar refractivity (Wildman–Crippen MR) is 135 cm³/mol. The van der Waals surface area contributed by atoms with Crippen LogP contribution in [0.15, 0.2) is 84.3 Å². The summed E-state index contributed by atoms with van der Waals surface area (Å²) in [7, 11) is -3.98. The Labute approximate surface area is 201 Å². The number of nitrogens with one attached hydrogen (secondary N) is 1. The van der Waals surface area contributed by atoms with E-state index in [2.05, 4.69) is 16.9 Å². The summed E-state index contributed by atoms with van der Waals surface area (Å²) in [6.45, 7) is 5.68. The Morgan fingerprint density at radius 3 is 2.61 bits per heavy atom.